The molecular formula is C27H42O5. The first-order valence-corrected chi connectivity index (χ1v) is 12.9. The van der Waals surface area contributed by atoms with Crippen molar-refractivity contribution in [1.29, 1.82) is 0 Å². The Kier molecular flexibility index (Phi) is 11.2. The fraction of sp³-hybridized carbons (Fsp3) is 0.741. The molecule has 5 heteroatoms. The Balaban J connectivity index is 1.20. The smallest absolute Gasteiger partial charge is 0.494 e. The molecule has 2 aliphatic rings. The second kappa shape index (κ2) is 14.4. The maximum Gasteiger partial charge on any atom is 0.508 e. The van der Waals surface area contributed by atoms with Crippen molar-refractivity contribution in [3.05, 3.63) is 29.8 Å². The van der Waals surface area contributed by atoms with E-state index in [1.165, 1.54) is 56.9 Å². The van der Waals surface area contributed by atoms with Gasteiger partial charge >= 0.3 is 6.16 Å². The Morgan fingerprint density at radius 3 is 2.22 bits per heavy atom. The van der Waals surface area contributed by atoms with Gasteiger partial charge in [-0.3, -0.25) is 0 Å². The summed E-state index contributed by atoms with van der Waals surface area (Å²) >= 11 is 0. The SMILES string of the molecule is CCCCCC1CCC(c2ccc(OCCCCCCOC3COC(=O)OC3)cc2)CC1. The number of carbonyl (C=O) groups is 1. The number of rotatable bonds is 14. The molecule has 1 heterocycles. The highest BCUT2D eigenvalue weighted by molar-refractivity contribution is 5.60. The Morgan fingerprint density at radius 2 is 1.53 bits per heavy atom. The van der Waals surface area contributed by atoms with Gasteiger partial charge in [-0.2, -0.15) is 0 Å². The van der Waals surface area contributed by atoms with Crippen molar-refractivity contribution in [1.82, 2.24) is 0 Å². The summed E-state index contributed by atoms with van der Waals surface area (Å²) in [6.45, 7) is 4.32. The molecule has 0 unspecified atom stereocenters. The molecular weight excluding hydrogens is 404 g/mol. The number of hydrogen-bond acceptors (Lipinski definition) is 5. The molecule has 0 radical (unpaired) electrons. The topological polar surface area (TPSA) is 54.0 Å². The Morgan fingerprint density at radius 1 is 0.844 bits per heavy atom. The highest BCUT2D eigenvalue weighted by Crippen LogP contribution is 2.38. The summed E-state index contributed by atoms with van der Waals surface area (Å²) < 4.78 is 21.2. The predicted molar refractivity (Wildman–Crippen MR) is 126 cm³/mol. The minimum atomic E-state index is -0.597. The molecule has 1 aliphatic heterocycles. The van der Waals surface area contributed by atoms with Gasteiger partial charge in [0.1, 0.15) is 25.1 Å². The summed E-state index contributed by atoms with van der Waals surface area (Å²) in [6.07, 6.45) is 14.6. The molecule has 0 spiro atoms. The number of carbonyl (C=O) groups excluding carboxylic acids is 1. The van der Waals surface area contributed by atoms with E-state index in [1.807, 2.05) is 0 Å². The van der Waals surface area contributed by atoms with E-state index in [0.717, 1.165) is 49.9 Å². The lowest BCUT2D eigenvalue weighted by Gasteiger charge is -2.29. The highest BCUT2D eigenvalue weighted by atomic mass is 16.7. The van der Waals surface area contributed by atoms with Gasteiger partial charge in [-0.25, -0.2) is 4.79 Å². The van der Waals surface area contributed by atoms with E-state index < -0.39 is 6.16 Å². The van der Waals surface area contributed by atoms with Gasteiger partial charge in [-0.15, -0.1) is 0 Å². The van der Waals surface area contributed by atoms with Gasteiger partial charge < -0.3 is 18.9 Å². The van der Waals surface area contributed by atoms with Crippen LogP contribution in [0.25, 0.3) is 0 Å². The van der Waals surface area contributed by atoms with Crippen LogP contribution in [-0.2, 0) is 14.2 Å². The second-order valence-electron chi connectivity index (χ2n) is 9.41. The van der Waals surface area contributed by atoms with E-state index in [0.29, 0.717) is 19.8 Å². The van der Waals surface area contributed by atoms with Crippen LogP contribution in [-0.4, -0.2) is 38.7 Å². The molecule has 0 atom stereocenters. The lowest BCUT2D eigenvalue weighted by atomic mass is 9.77. The van der Waals surface area contributed by atoms with E-state index in [4.69, 9.17) is 18.9 Å². The normalized spacial score (nSPS) is 21.7. The van der Waals surface area contributed by atoms with Crippen LogP contribution >= 0.6 is 0 Å². The van der Waals surface area contributed by atoms with Gasteiger partial charge in [-0.05, 0) is 74.5 Å². The van der Waals surface area contributed by atoms with Crippen LogP contribution in [0.5, 0.6) is 5.75 Å². The Bertz CT molecular complexity index is 626. The van der Waals surface area contributed by atoms with Crippen LogP contribution in [0.3, 0.4) is 0 Å². The minimum absolute atomic E-state index is 0.125. The summed E-state index contributed by atoms with van der Waals surface area (Å²) in [5.41, 5.74) is 1.49. The quantitative estimate of drug-likeness (QED) is 0.227. The van der Waals surface area contributed by atoms with Crippen LogP contribution < -0.4 is 4.74 Å². The lowest BCUT2D eigenvalue weighted by Crippen LogP contribution is -2.34. The Hall–Kier alpha value is -1.75. The van der Waals surface area contributed by atoms with Crippen LogP contribution in [0.2, 0.25) is 0 Å². The van der Waals surface area contributed by atoms with Crippen molar-refractivity contribution in [2.75, 3.05) is 26.4 Å². The van der Waals surface area contributed by atoms with Gasteiger partial charge in [0.2, 0.25) is 0 Å². The van der Waals surface area contributed by atoms with E-state index in [1.54, 1.807) is 0 Å². The van der Waals surface area contributed by atoms with Gasteiger partial charge in [0.15, 0.2) is 0 Å². The number of unbranched alkanes of at least 4 members (excludes halogenated alkanes) is 5. The van der Waals surface area contributed by atoms with E-state index in [9.17, 15) is 4.79 Å². The third-order valence-electron chi connectivity index (χ3n) is 6.85. The number of hydrogen-bond donors (Lipinski definition) is 0. The summed E-state index contributed by atoms with van der Waals surface area (Å²) in [7, 11) is 0. The molecule has 1 saturated heterocycles. The number of benzene rings is 1. The average molecular weight is 447 g/mol. The highest BCUT2D eigenvalue weighted by Gasteiger charge is 2.22. The largest absolute Gasteiger partial charge is 0.508 e. The minimum Gasteiger partial charge on any atom is -0.494 e. The molecule has 1 aromatic rings. The van der Waals surface area contributed by atoms with Gasteiger partial charge in [0.25, 0.3) is 0 Å². The van der Waals surface area contributed by atoms with Crippen LogP contribution in [0.15, 0.2) is 24.3 Å². The molecule has 32 heavy (non-hydrogen) atoms. The maximum atomic E-state index is 10.8. The molecule has 5 nitrogen and oxygen atoms in total. The average Bonchev–Trinajstić information content (AvgIpc) is 2.83. The van der Waals surface area contributed by atoms with Crippen molar-refractivity contribution >= 4 is 6.16 Å². The molecule has 180 valence electrons. The molecule has 2 fully saturated rings. The molecule has 1 aromatic carbocycles. The second-order valence-corrected chi connectivity index (χ2v) is 9.41. The Labute approximate surface area is 194 Å². The summed E-state index contributed by atoms with van der Waals surface area (Å²) in [4.78, 5) is 10.8. The molecule has 0 aromatic heterocycles. The number of ether oxygens (including phenoxy) is 4. The molecule has 0 amide bonds. The fourth-order valence-corrected chi connectivity index (χ4v) is 4.81. The van der Waals surface area contributed by atoms with E-state index in [-0.39, 0.29) is 6.10 Å². The van der Waals surface area contributed by atoms with Crippen molar-refractivity contribution in [3.63, 3.8) is 0 Å². The first-order chi connectivity index (χ1) is 15.7. The maximum absolute atomic E-state index is 10.8. The third-order valence-corrected chi connectivity index (χ3v) is 6.85. The zero-order valence-electron chi connectivity index (χ0n) is 19.9. The van der Waals surface area contributed by atoms with Gasteiger partial charge in [-0.1, -0.05) is 51.2 Å². The third kappa shape index (κ3) is 9.01. The fourth-order valence-electron chi connectivity index (χ4n) is 4.81. The van der Waals surface area contributed by atoms with Crippen molar-refractivity contribution in [3.8, 4) is 5.75 Å². The monoisotopic (exact) mass is 446 g/mol. The van der Waals surface area contributed by atoms with Crippen LogP contribution in [0.4, 0.5) is 4.79 Å². The molecule has 1 aliphatic carbocycles. The van der Waals surface area contributed by atoms with Gasteiger partial charge in [0, 0.05) is 6.61 Å². The zero-order valence-corrected chi connectivity index (χ0v) is 19.9. The molecule has 1 saturated carbocycles. The first-order valence-electron chi connectivity index (χ1n) is 12.9. The van der Waals surface area contributed by atoms with Crippen molar-refractivity contribution in [2.24, 2.45) is 5.92 Å². The van der Waals surface area contributed by atoms with Crippen molar-refractivity contribution in [2.45, 2.75) is 96.0 Å². The zero-order chi connectivity index (χ0) is 22.4. The standard InChI is InChI=1S/C27H42O5/c1-2-3-6-9-22-10-12-23(13-11-22)24-14-16-25(17-15-24)29-18-7-4-5-8-19-30-26-20-31-27(28)32-21-26/h14-17,22-23,26H,2-13,18-21H2,1H3. The van der Waals surface area contributed by atoms with Crippen LogP contribution in [0, 0.1) is 5.92 Å². The lowest BCUT2D eigenvalue weighted by molar-refractivity contribution is -0.0837. The van der Waals surface area contributed by atoms with E-state index >= 15 is 0 Å². The summed E-state index contributed by atoms with van der Waals surface area (Å²) in [5, 5.41) is 0. The van der Waals surface area contributed by atoms with Crippen LogP contribution in [0.1, 0.15) is 95.5 Å². The summed E-state index contributed by atoms with van der Waals surface area (Å²) in [6, 6.07) is 8.85. The van der Waals surface area contributed by atoms with Crippen molar-refractivity contribution < 1.29 is 23.7 Å². The van der Waals surface area contributed by atoms with E-state index in [2.05, 4.69) is 31.2 Å². The predicted octanol–water partition coefficient (Wildman–Crippen LogP) is 7.03. The summed E-state index contributed by atoms with van der Waals surface area (Å²) in [5.74, 6) is 2.69. The number of cyclic esters (lactones) is 2. The molecule has 0 bridgehead atoms. The van der Waals surface area contributed by atoms with Gasteiger partial charge in [0.05, 0.1) is 6.61 Å². The molecule has 3 rings (SSSR count). The first kappa shape index (κ1) is 24.9. The molecule has 0 N–H and O–H groups in total.